The number of aryl methyl sites for hydroxylation is 1. The fourth-order valence-electron chi connectivity index (χ4n) is 2.16. The number of hydrogen-bond acceptors (Lipinski definition) is 6. The molecule has 0 aliphatic heterocycles. The number of pyridine rings is 1. The van der Waals surface area contributed by atoms with Crippen LogP contribution in [0.1, 0.15) is 20.3 Å². The topological polar surface area (TPSA) is 88.6 Å². The van der Waals surface area contributed by atoms with Crippen molar-refractivity contribution in [1.82, 2.24) is 14.5 Å². The normalized spacial score (nSPS) is 12.0. The van der Waals surface area contributed by atoms with Crippen LogP contribution in [0.2, 0.25) is 0 Å². The van der Waals surface area contributed by atoms with Crippen molar-refractivity contribution in [2.45, 2.75) is 0 Å². The Morgan fingerprint density at radius 3 is 2.74 bits per heavy atom. The van der Waals surface area contributed by atoms with Gasteiger partial charge in [-0.3, -0.25) is 14.6 Å². The highest BCUT2D eigenvalue weighted by molar-refractivity contribution is 9.10. The largest absolute Gasteiger partial charge is 0.332 e. The number of aromatic nitrogens is 3. The van der Waals surface area contributed by atoms with Gasteiger partial charge in [0, 0.05) is 25.6 Å². The Kier molecular flexibility index (Phi) is 4.07. The lowest BCUT2D eigenvalue weighted by atomic mass is 9.99. The summed E-state index contributed by atoms with van der Waals surface area (Å²) < 4.78 is 2.81. The first-order valence-electron chi connectivity index (χ1n) is 6.53. The maximum absolute atomic E-state index is 12.7. The zero-order valence-corrected chi connectivity index (χ0v) is 14.3. The second-order valence-electron chi connectivity index (χ2n) is 4.75. The smallest absolute Gasteiger partial charge is 0.223 e. The first-order valence-corrected chi connectivity index (χ1v) is 8.14. The number of fused-ring (bicyclic) bond motifs is 1. The average molecular weight is 389 g/mol. The Bertz CT molecular complexity index is 969. The van der Waals surface area contributed by atoms with Crippen molar-refractivity contribution in [3.05, 3.63) is 45.9 Å². The van der Waals surface area contributed by atoms with Crippen molar-refractivity contribution in [3.63, 3.8) is 0 Å². The summed E-state index contributed by atoms with van der Waals surface area (Å²) >= 11 is 4.55. The third-order valence-corrected chi connectivity index (χ3v) is 5.50. The molecule has 8 heteroatoms. The third kappa shape index (κ3) is 2.58. The van der Waals surface area contributed by atoms with Gasteiger partial charge in [-0.05, 0) is 28.1 Å². The summed E-state index contributed by atoms with van der Waals surface area (Å²) in [4.78, 5) is 33.6. The maximum atomic E-state index is 12.7. The molecule has 0 bridgehead atoms. The molecular weight excluding hydrogens is 380 g/mol. The number of carbonyl (C=O) groups is 2. The van der Waals surface area contributed by atoms with Gasteiger partial charge in [0.1, 0.15) is 0 Å². The van der Waals surface area contributed by atoms with Crippen LogP contribution < -0.4 is 0 Å². The number of halogens is 1. The standard InChI is InChI=1S/C15H9BrN4O2S/c1-20-6-5-19-15(20)13(22)8(7-17)12(21)14-10(16)11-9(23-14)3-2-4-18-11/h2-6,8H,1H3. The fourth-order valence-corrected chi connectivity index (χ4v) is 4.07. The first-order chi connectivity index (χ1) is 11.0. The lowest BCUT2D eigenvalue weighted by Crippen LogP contribution is -2.25. The van der Waals surface area contributed by atoms with Gasteiger partial charge >= 0.3 is 0 Å². The summed E-state index contributed by atoms with van der Waals surface area (Å²) in [5.41, 5.74) is 0.641. The van der Waals surface area contributed by atoms with E-state index in [-0.39, 0.29) is 5.82 Å². The molecule has 1 atom stereocenters. The highest BCUT2D eigenvalue weighted by Crippen LogP contribution is 2.35. The van der Waals surface area contributed by atoms with Gasteiger partial charge in [0.05, 0.1) is 25.6 Å². The highest BCUT2D eigenvalue weighted by Gasteiger charge is 2.33. The molecular formula is C15H9BrN4O2S. The van der Waals surface area contributed by atoms with E-state index in [2.05, 4.69) is 25.9 Å². The molecule has 0 radical (unpaired) electrons. The van der Waals surface area contributed by atoms with Crippen molar-refractivity contribution < 1.29 is 9.59 Å². The van der Waals surface area contributed by atoms with Crippen LogP contribution in [-0.4, -0.2) is 26.1 Å². The van der Waals surface area contributed by atoms with Crippen molar-refractivity contribution >= 4 is 49.0 Å². The number of carbonyl (C=O) groups excluding carboxylic acids is 2. The average Bonchev–Trinajstić information content (AvgIpc) is 3.12. The van der Waals surface area contributed by atoms with E-state index in [1.807, 2.05) is 6.07 Å². The third-order valence-electron chi connectivity index (χ3n) is 3.31. The van der Waals surface area contributed by atoms with E-state index in [1.165, 1.54) is 22.1 Å². The molecule has 3 heterocycles. The molecule has 3 aromatic rings. The van der Waals surface area contributed by atoms with Crippen LogP contribution in [0.15, 0.2) is 35.2 Å². The minimum Gasteiger partial charge on any atom is -0.332 e. The molecule has 0 aliphatic carbocycles. The zero-order chi connectivity index (χ0) is 16.6. The molecule has 0 amide bonds. The predicted octanol–water partition coefficient (Wildman–Crippen LogP) is 3.00. The van der Waals surface area contributed by atoms with Crippen LogP contribution in [0.5, 0.6) is 0 Å². The number of ketones is 2. The van der Waals surface area contributed by atoms with E-state index in [4.69, 9.17) is 0 Å². The highest BCUT2D eigenvalue weighted by atomic mass is 79.9. The first kappa shape index (κ1) is 15.5. The summed E-state index contributed by atoms with van der Waals surface area (Å²) in [7, 11) is 1.64. The summed E-state index contributed by atoms with van der Waals surface area (Å²) in [6.07, 6.45) is 4.66. The molecule has 1 unspecified atom stereocenters. The van der Waals surface area contributed by atoms with E-state index in [9.17, 15) is 14.9 Å². The van der Waals surface area contributed by atoms with Crippen LogP contribution >= 0.6 is 27.3 Å². The Morgan fingerprint density at radius 2 is 2.13 bits per heavy atom. The van der Waals surface area contributed by atoms with Crippen molar-refractivity contribution in [2.75, 3.05) is 0 Å². The molecule has 6 nitrogen and oxygen atoms in total. The quantitative estimate of drug-likeness (QED) is 0.506. The van der Waals surface area contributed by atoms with E-state index in [0.29, 0.717) is 14.9 Å². The number of hydrogen-bond donors (Lipinski definition) is 0. The molecule has 23 heavy (non-hydrogen) atoms. The minimum absolute atomic E-state index is 0.0836. The SMILES string of the molecule is Cn1ccnc1C(=O)C(C#N)C(=O)c1sc2cccnc2c1Br. The Hall–Kier alpha value is -2.37. The Labute approximate surface area is 143 Å². The van der Waals surface area contributed by atoms with E-state index < -0.39 is 17.5 Å². The molecule has 0 saturated heterocycles. The number of nitrogens with zero attached hydrogens (tertiary/aromatic N) is 4. The van der Waals surface area contributed by atoms with Gasteiger partial charge in [-0.15, -0.1) is 11.3 Å². The summed E-state index contributed by atoms with van der Waals surface area (Å²) in [6.45, 7) is 0. The molecule has 3 rings (SSSR count). The molecule has 0 N–H and O–H groups in total. The van der Waals surface area contributed by atoms with Gasteiger partial charge in [-0.25, -0.2) is 4.98 Å². The number of thiophene rings is 1. The number of nitriles is 1. The van der Waals surface area contributed by atoms with Gasteiger partial charge in [0.25, 0.3) is 0 Å². The lowest BCUT2D eigenvalue weighted by Gasteiger charge is -2.06. The lowest BCUT2D eigenvalue weighted by molar-refractivity contribution is 0.0840. The van der Waals surface area contributed by atoms with Gasteiger partial charge in [-0.1, -0.05) is 0 Å². The Morgan fingerprint density at radius 1 is 1.35 bits per heavy atom. The molecule has 0 spiro atoms. The van der Waals surface area contributed by atoms with Crippen LogP contribution in [0.25, 0.3) is 10.2 Å². The molecule has 114 valence electrons. The van der Waals surface area contributed by atoms with Crippen molar-refractivity contribution in [1.29, 1.82) is 5.26 Å². The molecule has 0 aromatic carbocycles. The van der Waals surface area contributed by atoms with Crippen LogP contribution in [-0.2, 0) is 7.05 Å². The van der Waals surface area contributed by atoms with Gasteiger partial charge < -0.3 is 4.57 Å². The van der Waals surface area contributed by atoms with E-state index in [1.54, 1.807) is 31.6 Å². The van der Waals surface area contributed by atoms with Crippen LogP contribution in [0.4, 0.5) is 0 Å². The molecule has 0 fully saturated rings. The molecule has 3 aromatic heterocycles. The minimum atomic E-state index is -1.43. The Balaban J connectivity index is 2.03. The van der Waals surface area contributed by atoms with E-state index >= 15 is 0 Å². The second kappa shape index (κ2) is 6.02. The van der Waals surface area contributed by atoms with Crippen LogP contribution in [0.3, 0.4) is 0 Å². The van der Waals surface area contributed by atoms with Crippen molar-refractivity contribution in [2.24, 2.45) is 13.0 Å². The number of rotatable bonds is 4. The maximum Gasteiger partial charge on any atom is 0.223 e. The molecule has 0 aliphatic rings. The van der Waals surface area contributed by atoms with Crippen molar-refractivity contribution in [3.8, 4) is 6.07 Å². The fraction of sp³-hybridized carbons (Fsp3) is 0.133. The van der Waals surface area contributed by atoms with E-state index in [0.717, 1.165) is 4.70 Å². The zero-order valence-electron chi connectivity index (χ0n) is 11.9. The predicted molar refractivity (Wildman–Crippen MR) is 88.3 cm³/mol. The summed E-state index contributed by atoms with van der Waals surface area (Å²) in [6, 6.07) is 5.39. The second-order valence-corrected chi connectivity index (χ2v) is 6.59. The van der Waals surface area contributed by atoms with Gasteiger partial charge in [-0.2, -0.15) is 5.26 Å². The van der Waals surface area contributed by atoms with Crippen LogP contribution in [0, 0.1) is 17.2 Å². The van der Waals surface area contributed by atoms with Gasteiger partial charge in [0.15, 0.2) is 17.5 Å². The van der Waals surface area contributed by atoms with Gasteiger partial charge in [0.2, 0.25) is 5.78 Å². The summed E-state index contributed by atoms with van der Waals surface area (Å²) in [5, 5.41) is 9.33. The number of imidazole rings is 1. The monoisotopic (exact) mass is 388 g/mol. The molecule has 0 saturated carbocycles. The summed E-state index contributed by atoms with van der Waals surface area (Å²) in [5.74, 6) is -2.50. The number of Topliss-reactive ketones (excluding diaryl/α,β-unsaturated/α-hetero) is 2.